The van der Waals surface area contributed by atoms with Gasteiger partial charge in [0.15, 0.2) is 0 Å². The van der Waals surface area contributed by atoms with E-state index in [-0.39, 0.29) is 23.5 Å². The van der Waals surface area contributed by atoms with Crippen molar-refractivity contribution < 1.29 is 13.9 Å². The molecular weight excluding hydrogens is 377 g/mol. The number of thiophene rings is 1. The molecule has 1 unspecified atom stereocenters. The second-order valence-electron chi connectivity index (χ2n) is 8.17. The summed E-state index contributed by atoms with van der Waals surface area (Å²) >= 11 is 1.64. The number of carbonyl (C=O) groups excluding carboxylic acids is 1. The first-order valence-electron chi connectivity index (χ1n) is 9.39. The van der Waals surface area contributed by atoms with Crippen LogP contribution in [0.3, 0.4) is 0 Å². The lowest BCUT2D eigenvalue weighted by Gasteiger charge is -2.31. The van der Waals surface area contributed by atoms with Gasteiger partial charge in [-0.05, 0) is 73.5 Å². The zero-order chi connectivity index (χ0) is 20.3. The van der Waals surface area contributed by atoms with Crippen molar-refractivity contribution in [3.63, 3.8) is 0 Å². The molecule has 0 fully saturated rings. The number of likely N-dealkylation sites (N-methyl/N-ethyl adjacent to an activating group) is 1. The molecule has 1 aliphatic rings. The molecule has 0 spiro atoms. The topological polar surface area (TPSA) is 44.8 Å². The highest BCUT2D eigenvalue weighted by atomic mass is 32.1. The number of rotatable bonds is 6. The van der Waals surface area contributed by atoms with Crippen LogP contribution in [0.5, 0.6) is 0 Å². The fraction of sp³-hybridized carbons (Fsp3) is 0.476. The number of halogens is 1. The Hall–Kier alpha value is -1.96. The van der Waals surface area contributed by atoms with E-state index in [0.29, 0.717) is 26.4 Å². The van der Waals surface area contributed by atoms with Gasteiger partial charge in [-0.15, -0.1) is 0 Å². The van der Waals surface area contributed by atoms with Crippen LogP contribution in [-0.4, -0.2) is 41.8 Å². The maximum Gasteiger partial charge on any atom is 0.318 e. The summed E-state index contributed by atoms with van der Waals surface area (Å²) in [6, 6.07) is 6.65. The van der Waals surface area contributed by atoms with Crippen molar-refractivity contribution in [3.05, 3.63) is 57.5 Å². The van der Waals surface area contributed by atoms with Crippen molar-refractivity contribution >= 4 is 17.4 Å². The number of nitrogens with one attached hydrogen (secondary N) is 1. The summed E-state index contributed by atoms with van der Waals surface area (Å²) in [5.41, 5.74) is 2.80. The Kier molecular flexibility index (Phi) is 6.37. The molecule has 5 nitrogen and oxygen atoms in total. The number of benzene rings is 1. The normalized spacial score (nSPS) is 15.0. The third kappa shape index (κ3) is 5.31. The first-order chi connectivity index (χ1) is 13.2. The molecule has 0 saturated heterocycles. The standard InChI is InChI=1S/C21H28FN3O2S/c1-21(2,3)27-14-24(4)19(16-7-8-28-13-16)10-23-20(26)25-11-15-5-6-18(22)9-17(15)12-25/h5-9,13,19H,10-12,14H2,1-4H3,(H,23,26). The monoisotopic (exact) mass is 405 g/mol. The van der Waals surface area contributed by atoms with Crippen LogP contribution in [-0.2, 0) is 17.8 Å². The molecule has 28 heavy (non-hydrogen) atoms. The minimum atomic E-state index is -0.265. The summed E-state index contributed by atoms with van der Waals surface area (Å²) in [7, 11) is 1.99. The number of hydrogen-bond acceptors (Lipinski definition) is 4. The Morgan fingerprint density at radius 3 is 2.75 bits per heavy atom. The van der Waals surface area contributed by atoms with E-state index in [4.69, 9.17) is 4.74 Å². The van der Waals surface area contributed by atoms with Gasteiger partial charge < -0.3 is 15.0 Å². The Morgan fingerprint density at radius 2 is 2.07 bits per heavy atom. The zero-order valence-corrected chi connectivity index (χ0v) is 17.7. The second-order valence-corrected chi connectivity index (χ2v) is 8.95. The fourth-order valence-corrected chi connectivity index (χ4v) is 3.89. The molecule has 0 saturated carbocycles. The third-order valence-corrected chi connectivity index (χ3v) is 5.49. The van der Waals surface area contributed by atoms with Crippen LogP contribution in [0, 0.1) is 5.82 Å². The number of fused-ring (bicyclic) bond motifs is 1. The Morgan fingerprint density at radius 1 is 1.32 bits per heavy atom. The minimum absolute atomic E-state index is 0.0139. The van der Waals surface area contributed by atoms with Crippen molar-refractivity contribution in [3.8, 4) is 0 Å². The molecule has 2 heterocycles. The number of urea groups is 1. The van der Waals surface area contributed by atoms with Crippen molar-refractivity contribution in [2.45, 2.75) is 45.5 Å². The fourth-order valence-electron chi connectivity index (χ4n) is 3.18. The Balaban J connectivity index is 1.60. The highest BCUT2D eigenvalue weighted by Gasteiger charge is 2.26. The number of ether oxygens (including phenoxy) is 1. The Bertz CT molecular complexity index is 804. The van der Waals surface area contributed by atoms with Gasteiger partial charge in [-0.25, -0.2) is 9.18 Å². The van der Waals surface area contributed by atoms with Crippen LogP contribution in [0.1, 0.15) is 43.5 Å². The van der Waals surface area contributed by atoms with Crippen molar-refractivity contribution in [1.82, 2.24) is 15.1 Å². The molecule has 152 valence electrons. The molecule has 7 heteroatoms. The van der Waals surface area contributed by atoms with Crippen LogP contribution in [0.4, 0.5) is 9.18 Å². The van der Waals surface area contributed by atoms with Gasteiger partial charge >= 0.3 is 6.03 Å². The first kappa shape index (κ1) is 20.8. The average Bonchev–Trinajstić information content (AvgIpc) is 3.28. The molecule has 0 bridgehead atoms. The molecular formula is C21H28FN3O2S. The van der Waals surface area contributed by atoms with E-state index < -0.39 is 0 Å². The molecule has 0 radical (unpaired) electrons. The van der Waals surface area contributed by atoms with E-state index in [1.165, 1.54) is 12.1 Å². The maximum absolute atomic E-state index is 13.4. The lowest BCUT2D eigenvalue weighted by atomic mass is 10.1. The van der Waals surface area contributed by atoms with Crippen LogP contribution < -0.4 is 5.32 Å². The van der Waals surface area contributed by atoms with Gasteiger partial charge in [0.05, 0.1) is 11.6 Å². The molecule has 1 aromatic carbocycles. The molecule has 2 aromatic rings. The summed E-state index contributed by atoms with van der Waals surface area (Å²) in [5, 5.41) is 7.17. The summed E-state index contributed by atoms with van der Waals surface area (Å²) < 4.78 is 19.3. The molecule has 1 aromatic heterocycles. The number of amides is 2. The van der Waals surface area contributed by atoms with Crippen molar-refractivity contribution in [2.24, 2.45) is 0 Å². The predicted molar refractivity (Wildman–Crippen MR) is 110 cm³/mol. The Labute approximate surface area is 170 Å². The van der Waals surface area contributed by atoms with Gasteiger partial charge in [-0.3, -0.25) is 4.90 Å². The molecule has 1 atom stereocenters. The SMILES string of the molecule is CN(COC(C)(C)C)C(CNC(=O)N1Cc2ccc(F)cc2C1)c1ccsc1. The van der Waals surface area contributed by atoms with Crippen LogP contribution in [0.25, 0.3) is 0 Å². The van der Waals surface area contributed by atoms with Gasteiger partial charge in [0, 0.05) is 19.6 Å². The molecule has 3 rings (SSSR count). The average molecular weight is 406 g/mol. The van der Waals surface area contributed by atoms with Crippen LogP contribution in [0.15, 0.2) is 35.0 Å². The van der Waals surface area contributed by atoms with Crippen molar-refractivity contribution in [2.75, 3.05) is 20.3 Å². The van der Waals surface area contributed by atoms with E-state index in [1.54, 1.807) is 22.3 Å². The zero-order valence-electron chi connectivity index (χ0n) is 16.9. The minimum Gasteiger partial charge on any atom is -0.360 e. The number of hydrogen-bond donors (Lipinski definition) is 1. The maximum atomic E-state index is 13.4. The summed E-state index contributed by atoms with van der Waals surface area (Å²) in [6.07, 6.45) is 0. The van der Waals surface area contributed by atoms with E-state index >= 15 is 0 Å². The molecule has 1 N–H and O–H groups in total. The smallest absolute Gasteiger partial charge is 0.318 e. The van der Waals surface area contributed by atoms with E-state index in [1.807, 2.05) is 33.2 Å². The predicted octanol–water partition coefficient (Wildman–Crippen LogP) is 4.36. The van der Waals surface area contributed by atoms with Gasteiger partial charge in [0.2, 0.25) is 0 Å². The van der Waals surface area contributed by atoms with Gasteiger partial charge in [-0.2, -0.15) is 11.3 Å². The molecule has 1 aliphatic heterocycles. The van der Waals surface area contributed by atoms with Gasteiger partial charge in [0.25, 0.3) is 0 Å². The number of nitrogens with zero attached hydrogens (tertiary/aromatic N) is 2. The molecule has 0 aliphatic carbocycles. The van der Waals surface area contributed by atoms with Gasteiger partial charge in [-0.1, -0.05) is 6.07 Å². The largest absolute Gasteiger partial charge is 0.360 e. The summed E-state index contributed by atoms with van der Waals surface area (Å²) in [6.45, 7) is 7.95. The lowest BCUT2D eigenvalue weighted by molar-refractivity contribution is -0.0674. The summed E-state index contributed by atoms with van der Waals surface area (Å²) in [5.74, 6) is -0.265. The second kappa shape index (κ2) is 8.59. The highest BCUT2D eigenvalue weighted by molar-refractivity contribution is 7.07. The van der Waals surface area contributed by atoms with Crippen LogP contribution in [0.2, 0.25) is 0 Å². The molecule has 2 amide bonds. The van der Waals surface area contributed by atoms with Crippen molar-refractivity contribution in [1.29, 1.82) is 0 Å². The van der Waals surface area contributed by atoms with E-state index in [0.717, 1.165) is 16.7 Å². The first-order valence-corrected chi connectivity index (χ1v) is 10.3. The highest BCUT2D eigenvalue weighted by Crippen LogP contribution is 2.25. The lowest BCUT2D eigenvalue weighted by Crippen LogP contribution is -2.42. The quantitative estimate of drug-likeness (QED) is 0.727. The summed E-state index contributed by atoms with van der Waals surface area (Å²) in [4.78, 5) is 16.5. The van der Waals surface area contributed by atoms with E-state index in [9.17, 15) is 9.18 Å². The number of carbonyl (C=O) groups is 1. The van der Waals surface area contributed by atoms with E-state index in [2.05, 4.69) is 21.7 Å². The van der Waals surface area contributed by atoms with Gasteiger partial charge in [0.1, 0.15) is 12.5 Å². The van der Waals surface area contributed by atoms with Crippen LogP contribution >= 0.6 is 11.3 Å². The third-order valence-electron chi connectivity index (χ3n) is 4.79.